The third-order valence-electron chi connectivity index (χ3n) is 2.61. The molecule has 0 bridgehead atoms. The average molecular weight is 305 g/mol. The molecule has 1 N–H and O–H groups in total. The number of thioether (sulfide) groups is 1. The minimum Gasteiger partial charge on any atom is -0.493 e. The number of ether oxygens (including phenoxy) is 1. The quantitative estimate of drug-likeness (QED) is 0.648. The van der Waals surface area contributed by atoms with E-state index in [9.17, 15) is 9.18 Å². The maximum absolute atomic E-state index is 12.7. The van der Waals surface area contributed by atoms with E-state index in [1.54, 1.807) is 23.9 Å². The Bertz CT molecular complexity index is 584. The van der Waals surface area contributed by atoms with E-state index in [4.69, 9.17) is 4.74 Å². The zero-order valence-corrected chi connectivity index (χ0v) is 12.5. The smallest absolute Gasteiger partial charge is 0.221 e. The van der Waals surface area contributed by atoms with Gasteiger partial charge in [-0.1, -0.05) is 0 Å². The largest absolute Gasteiger partial charge is 0.493 e. The van der Waals surface area contributed by atoms with Crippen molar-refractivity contribution in [2.24, 2.45) is 0 Å². The van der Waals surface area contributed by atoms with E-state index in [0.717, 1.165) is 16.3 Å². The van der Waals surface area contributed by atoms with Crippen molar-refractivity contribution < 1.29 is 13.9 Å². The van der Waals surface area contributed by atoms with E-state index in [2.05, 4.69) is 5.32 Å². The number of benzene rings is 2. The SMILES string of the molecule is CC(=O)Nc1ccc(SCCOc2ccc(F)cc2)cc1. The number of hydrogen-bond donors (Lipinski definition) is 1. The van der Waals surface area contributed by atoms with Gasteiger partial charge in [-0.05, 0) is 48.5 Å². The zero-order chi connectivity index (χ0) is 15.1. The monoisotopic (exact) mass is 305 g/mol. The van der Waals surface area contributed by atoms with Crippen LogP contribution in [0.3, 0.4) is 0 Å². The molecule has 0 fully saturated rings. The Morgan fingerprint density at radius 2 is 1.81 bits per heavy atom. The highest BCUT2D eigenvalue weighted by molar-refractivity contribution is 7.99. The number of carbonyl (C=O) groups is 1. The van der Waals surface area contributed by atoms with Gasteiger partial charge in [-0.2, -0.15) is 0 Å². The van der Waals surface area contributed by atoms with Crippen LogP contribution < -0.4 is 10.1 Å². The lowest BCUT2D eigenvalue weighted by Gasteiger charge is -2.07. The predicted octanol–water partition coefficient (Wildman–Crippen LogP) is 3.96. The van der Waals surface area contributed by atoms with Crippen LogP contribution in [0.25, 0.3) is 0 Å². The number of hydrogen-bond acceptors (Lipinski definition) is 3. The minimum atomic E-state index is -0.268. The minimum absolute atomic E-state index is 0.0805. The second-order valence-electron chi connectivity index (χ2n) is 4.36. The molecule has 0 atom stereocenters. The summed E-state index contributed by atoms with van der Waals surface area (Å²) in [6, 6.07) is 13.6. The second-order valence-corrected chi connectivity index (χ2v) is 5.52. The lowest BCUT2D eigenvalue weighted by molar-refractivity contribution is -0.114. The number of anilines is 1. The fraction of sp³-hybridized carbons (Fsp3) is 0.188. The molecular weight excluding hydrogens is 289 g/mol. The highest BCUT2D eigenvalue weighted by Gasteiger charge is 1.99. The molecule has 110 valence electrons. The molecule has 3 nitrogen and oxygen atoms in total. The van der Waals surface area contributed by atoms with Crippen molar-refractivity contribution in [1.82, 2.24) is 0 Å². The Hall–Kier alpha value is -2.01. The van der Waals surface area contributed by atoms with Crippen molar-refractivity contribution in [3.63, 3.8) is 0 Å². The first-order valence-electron chi connectivity index (χ1n) is 6.52. The molecule has 0 aliphatic rings. The number of amides is 1. The Balaban J connectivity index is 1.73. The summed E-state index contributed by atoms with van der Waals surface area (Å²) in [5.41, 5.74) is 0.786. The number of rotatable bonds is 6. The summed E-state index contributed by atoms with van der Waals surface area (Å²) < 4.78 is 18.2. The molecular formula is C16H16FNO2S. The Kier molecular flexibility index (Phi) is 5.63. The Morgan fingerprint density at radius 1 is 1.14 bits per heavy atom. The van der Waals surface area contributed by atoms with E-state index in [-0.39, 0.29) is 11.7 Å². The molecule has 0 aliphatic carbocycles. The predicted molar refractivity (Wildman–Crippen MR) is 83.4 cm³/mol. The lowest BCUT2D eigenvalue weighted by atomic mass is 10.3. The number of carbonyl (C=O) groups excluding carboxylic acids is 1. The van der Waals surface area contributed by atoms with Gasteiger partial charge in [-0.25, -0.2) is 4.39 Å². The summed E-state index contributed by atoms with van der Waals surface area (Å²) in [6.45, 7) is 2.03. The van der Waals surface area contributed by atoms with E-state index in [0.29, 0.717) is 12.4 Å². The highest BCUT2D eigenvalue weighted by Crippen LogP contribution is 2.20. The van der Waals surface area contributed by atoms with Crippen LogP contribution in [-0.4, -0.2) is 18.3 Å². The van der Waals surface area contributed by atoms with Gasteiger partial charge in [-0.3, -0.25) is 4.79 Å². The third-order valence-corrected chi connectivity index (χ3v) is 3.59. The zero-order valence-electron chi connectivity index (χ0n) is 11.6. The van der Waals surface area contributed by atoms with E-state index in [1.807, 2.05) is 24.3 Å². The van der Waals surface area contributed by atoms with Crippen LogP contribution >= 0.6 is 11.8 Å². The molecule has 2 aromatic rings. The van der Waals surface area contributed by atoms with Gasteiger partial charge in [0.2, 0.25) is 5.91 Å². The topological polar surface area (TPSA) is 38.3 Å². The van der Waals surface area contributed by atoms with Crippen molar-refractivity contribution in [1.29, 1.82) is 0 Å². The molecule has 0 radical (unpaired) electrons. The van der Waals surface area contributed by atoms with Crippen molar-refractivity contribution in [2.45, 2.75) is 11.8 Å². The molecule has 0 saturated heterocycles. The van der Waals surface area contributed by atoms with E-state index < -0.39 is 0 Å². The van der Waals surface area contributed by atoms with Crippen LogP contribution in [0.2, 0.25) is 0 Å². The molecule has 0 spiro atoms. The molecule has 21 heavy (non-hydrogen) atoms. The van der Waals surface area contributed by atoms with Gasteiger partial charge in [-0.15, -0.1) is 11.8 Å². The Labute approximate surface area is 127 Å². The molecule has 0 saturated carbocycles. The normalized spacial score (nSPS) is 10.2. The van der Waals surface area contributed by atoms with Gasteiger partial charge in [0.1, 0.15) is 11.6 Å². The Morgan fingerprint density at radius 3 is 2.43 bits per heavy atom. The lowest BCUT2D eigenvalue weighted by Crippen LogP contribution is -2.05. The molecule has 2 aromatic carbocycles. The van der Waals surface area contributed by atoms with Crippen molar-refractivity contribution in [3.8, 4) is 5.75 Å². The fourth-order valence-electron chi connectivity index (χ4n) is 1.69. The van der Waals surface area contributed by atoms with Crippen molar-refractivity contribution >= 4 is 23.4 Å². The van der Waals surface area contributed by atoms with Crippen LogP contribution in [0.5, 0.6) is 5.75 Å². The fourth-order valence-corrected chi connectivity index (χ4v) is 2.42. The number of nitrogens with one attached hydrogen (secondary N) is 1. The maximum atomic E-state index is 12.7. The third kappa shape index (κ3) is 5.47. The standard InChI is InChI=1S/C16H16FNO2S/c1-12(19)18-14-4-8-16(9-5-14)21-11-10-20-15-6-2-13(17)3-7-15/h2-9H,10-11H2,1H3,(H,18,19). The van der Waals surface area contributed by atoms with Crippen LogP contribution in [0.4, 0.5) is 10.1 Å². The van der Waals surface area contributed by atoms with Gasteiger partial charge in [0.25, 0.3) is 0 Å². The first-order valence-corrected chi connectivity index (χ1v) is 7.51. The molecule has 1 amide bonds. The summed E-state index contributed by atoms with van der Waals surface area (Å²) in [5, 5.41) is 2.72. The van der Waals surface area contributed by atoms with Gasteiger partial charge in [0, 0.05) is 23.3 Å². The van der Waals surface area contributed by atoms with Crippen LogP contribution in [-0.2, 0) is 4.79 Å². The first-order chi connectivity index (χ1) is 10.1. The van der Waals surface area contributed by atoms with Gasteiger partial charge in [0.15, 0.2) is 0 Å². The molecule has 0 heterocycles. The summed E-state index contributed by atoms with van der Waals surface area (Å²) in [7, 11) is 0. The maximum Gasteiger partial charge on any atom is 0.221 e. The summed E-state index contributed by atoms with van der Waals surface area (Å²) in [6.07, 6.45) is 0. The summed E-state index contributed by atoms with van der Waals surface area (Å²) in [4.78, 5) is 12.0. The summed E-state index contributed by atoms with van der Waals surface area (Å²) in [5.74, 6) is 1.11. The van der Waals surface area contributed by atoms with Crippen LogP contribution in [0, 0.1) is 5.82 Å². The van der Waals surface area contributed by atoms with E-state index >= 15 is 0 Å². The highest BCUT2D eigenvalue weighted by atomic mass is 32.2. The molecule has 0 aliphatic heterocycles. The van der Waals surface area contributed by atoms with Gasteiger partial charge >= 0.3 is 0 Å². The molecule has 0 aromatic heterocycles. The van der Waals surface area contributed by atoms with Gasteiger partial charge in [0.05, 0.1) is 6.61 Å². The van der Waals surface area contributed by atoms with Crippen molar-refractivity contribution in [2.75, 3.05) is 17.7 Å². The van der Waals surface area contributed by atoms with E-state index in [1.165, 1.54) is 19.1 Å². The first kappa shape index (κ1) is 15.4. The molecule has 2 rings (SSSR count). The second kappa shape index (κ2) is 7.69. The van der Waals surface area contributed by atoms with Crippen LogP contribution in [0.15, 0.2) is 53.4 Å². The van der Waals surface area contributed by atoms with Crippen LogP contribution in [0.1, 0.15) is 6.92 Å². The number of halogens is 1. The summed E-state index contributed by atoms with van der Waals surface area (Å²) >= 11 is 1.66. The van der Waals surface area contributed by atoms with Crippen molar-refractivity contribution in [3.05, 3.63) is 54.3 Å². The molecule has 5 heteroatoms. The van der Waals surface area contributed by atoms with Gasteiger partial charge < -0.3 is 10.1 Å². The molecule has 0 unspecified atom stereocenters. The average Bonchev–Trinajstić information content (AvgIpc) is 2.46.